The topological polar surface area (TPSA) is 80.3 Å². The van der Waals surface area contributed by atoms with E-state index in [-0.39, 0.29) is 18.2 Å². The van der Waals surface area contributed by atoms with Gasteiger partial charge >= 0.3 is 0 Å². The van der Waals surface area contributed by atoms with Crippen molar-refractivity contribution in [1.82, 2.24) is 10.3 Å². The molecule has 1 aromatic heterocycles. The first-order chi connectivity index (χ1) is 13.7. The summed E-state index contributed by atoms with van der Waals surface area (Å²) in [6.45, 7) is 0.369. The molecule has 0 spiro atoms. The molecule has 0 fully saturated rings. The minimum atomic E-state index is -0.267. The molecule has 0 saturated heterocycles. The third kappa shape index (κ3) is 5.17. The molecule has 0 aliphatic carbocycles. The van der Waals surface area contributed by atoms with Gasteiger partial charge in [-0.05, 0) is 35.9 Å². The predicted molar refractivity (Wildman–Crippen MR) is 107 cm³/mol. The van der Waals surface area contributed by atoms with Crippen LogP contribution in [0.1, 0.15) is 21.5 Å². The molecule has 0 saturated carbocycles. The van der Waals surface area contributed by atoms with Gasteiger partial charge in [0.1, 0.15) is 12.4 Å². The molecule has 28 heavy (non-hydrogen) atoms. The highest BCUT2D eigenvalue weighted by atomic mass is 16.5. The smallest absolute Gasteiger partial charge is 0.255 e. The average Bonchev–Trinajstić information content (AvgIpc) is 2.74. The highest BCUT2D eigenvalue weighted by Gasteiger charge is 2.12. The molecule has 3 aromatic rings. The molecule has 0 aliphatic heterocycles. The van der Waals surface area contributed by atoms with Crippen molar-refractivity contribution in [2.24, 2.45) is 0 Å². The SMILES string of the molecule is CNC(=O)Cc1ccccc1NC(=O)c1cccc(OCc2cccnc2)c1. The van der Waals surface area contributed by atoms with Gasteiger partial charge in [-0.2, -0.15) is 0 Å². The molecule has 6 nitrogen and oxygen atoms in total. The molecule has 2 N–H and O–H groups in total. The van der Waals surface area contributed by atoms with Gasteiger partial charge in [0.25, 0.3) is 5.91 Å². The van der Waals surface area contributed by atoms with Gasteiger partial charge < -0.3 is 15.4 Å². The van der Waals surface area contributed by atoms with Crippen molar-refractivity contribution in [3.05, 3.63) is 89.7 Å². The number of rotatable bonds is 7. The van der Waals surface area contributed by atoms with Crippen LogP contribution in [0.2, 0.25) is 0 Å². The molecule has 142 valence electrons. The number of anilines is 1. The number of carbonyl (C=O) groups is 2. The number of hydrogen-bond donors (Lipinski definition) is 2. The lowest BCUT2D eigenvalue weighted by molar-refractivity contribution is -0.119. The molecule has 2 aromatic carbocycles. The molecule has 3 rings (SSSR count). The van der Waals surface area contributed by atoms with Crippen LogP contribution in [0.25, 0.3) is 0 Å². The lowest BCUT2D eigenvalue weighted by Gasteiger charge is -2.12. The highest BCUT2D eigenvalue weighted by Crippen LogP contribution is 2.19. The van der Waals surface area contributed by atoms with Crippen molar-refractivity contribution >= 4 is 17.5 Å². The Morgan fingerprint density at radius 1 is 1.04 bits per heavy atom. The van der Waals surface area contributed by atoms with Gasteiger partial charge in [0.2, 0.25) is 5.91 Å². The predicted octanol–water partition coefficient (Wildman–Crippen LogP) is 3.20. The van der Waals surface area contributed by atoms with Crippen LogP contribution in [-0.2, 0) is 17.8 Å². The fourth-order valence-corrected chi connectivity index (χ4v) is 2.63. The summed E-state index contributed by atoms with van der Waals surface area (Å²) < 4.78 is 5.75. The molecule has 1 heterocycles. The second-order valence-corrected chi connectivity index (χ2v) is 6.14. The molecule has 0 aliphatic rings. The molecule has 0 atom stereocenters. The maximum Gasteiger partial charge on any atom is 0.255 e. The van der Waals surface area contributed by atoms with Gasteiger partial charge in [-0.25, -0.2) is 0 Å². The number of carbonyl (C=O) groups excluding carboxylic acids is 2. The van der Waals surface area contributed by atoms with E-state index in [4.69, 9.17) is 4.74 Å². The van der Waals surface area contributed by atoms with Crippen molar-refractivity contribution in [3.8, 4) is 5.75 Å². The Morgan fingerprint density at radius 3 is 2.68 bits per heavy atom. The fourth-order valence-electron chi connectivity index (χ4n) is 2.63. The summed E-state index contributed by atoms with van der Waals surface area (Å²) >= 11 is 0. The number of para-hydroxylation sites is 1. The number of nitrogens with one attached hydrogen (secondary N) is 2. The zero-order chi connectivity index (χ0) is 19.8. The number of nitrogens with zero attached hydrogens (tertiary/aromatic N) is 1. The van der Waals surface area contributed by atoms with E-state index in [2.05, 4.69) is 15.6 Å². The van der Waals surface area contributed by atoms with Crippen LogP contribution in [0.3, 0.4) is 0 Å². The number of pyridine rings is 1. The minimum absolute atomic E-state index is 0.118. The Hall–Kier alpha value is -3.67. The van der Waals surface area contributed by atoms with Crippen molar-refractivity contribution in [2.45, 2.75) is 13.0 Å². The first-order valence-corrected chi connectivity index (χ1v) is 8.87. The van der Waals surface area contributed by atoms with Crippen LogP contribution in [0, 0.1) is 0 Å². The second kappa shape index (κ2) is 9.32. The minimum Gasteiger partial charge on any atom is -0.489 e. The lowest BCUT2D eigenvalue weighted by Crippen LogP contribution is -2.21. The van der Waals surface area contributed by atoms with Crippen molar-refractivity contribution in [1.29, 1.82) is 0 Å². The lowest BCUT2D eigenvalue weighted by atomic mass is 10.1. The summed E-state index contributed by atoms with van der Waals surface area (Å²) in [5, 5.41) is 5.46. The number of amides is 2. The Bertz CT molecular complexity index is 958. The van der Waals surface area contributed by atoms with Crippen LogP contribution in [-0.4, -0.2) is 23.8 Å². The Morgan fingerprint density at radius 2 is 1.89 bits per heavy atom. The van der Waals surface area contributed by atoms with E-state index in [0.29, 0.717) is 23.6 Å². The number of ether oxygens (including phenoxy) is 1. The quantitative estimate of drug-likeness (QED) is 0.665. The summed E-state index contributed by atoms with van der Waals surface area (Å²) in [6.07, 6.45) is 3.64. The molecular weight excluding hydrogens is 354 g/mol. The van der Waals surface area contributed by atoms with Crippen LogP contribution >= 0.6 is 0 Å². The second-order valence-electron chi connectivity index (χ2n) is 6.14. The van der Waals surface area contributed by atoms with E-state index in [9.17, 15) is 9.59 Å². The Balaban J connectivity index is 1.69. The molecule has 0 radical (unpaired) electrons. The molecule has 2 amide bonds. The first-order valence-electron chi connectivity index (χ1n) is 8.87. The van der Waals surface area contributed by atoms with Gasteiger partial charge in [0.05, 0.1) is 6.42 Å². The Labute approximate surface area is 163 Å². The normalized spacial score (nSPS) is 10.2. The van der Waals surface area contributed by atoms with Gasteiger partial charge in [0, 0.05) is 36.3 Å². The molecular formula is C22H21N3O3. The third-order valence-electron chi connectivity index (χ3n) is 4.12. The van der Waals surface area contributed by atoms with E-state index in [1.165, 1.54) is 0 Å². The third-order valence-corrected chi connectivity index (χ3v) is 4.12. The van der Waals surface area contributed by atoms with Crippen molar-refractivity contribution in [3.63, 3.8) is 0 Å². The number of hydrogen-bond acceptors (Lipinski definition) is 4. The average molecular weight is 375 g/mol. The largest absolute Gasteiger partial charge is 0.489 e. The molecule has 6 heteroatoms. The standard InChI is InChI=1S/C22H21N3O3/c1-23-21(26)13-17-7-2-3-10-20(17)25-22(27)18-8-4-9-19(12-18)28-15-16-6-5-11-24-14-16/h2-12,14H,13,15H2,1H3,(H,23,26)(H,25,27). The zero-order valence-corrected chi connectivity index (χ0v) is 15.5. The Kier molecular flexibility index (Phi) is 6.36. The van der Waals surface area contributed by atoms with E-state index in [1.807, 2.05) is 30.3 Å². The van der Waals surface area contributed by atoms with Crippen molar-refractivity contribution < 1.29 is 14.3 Å². The summed E-state index contributed by atoms with van der Waals surface area (Å²) in [7, 11) is 1.58. The first kappa shape index (κ1) is 19.1. The van der Waals surface area contributed by atoms with Crippen molar-refractivity contribution in [2.75, 3.05) is 12.4 Å². The highest BCUT2D eigenvalue weighted by molar-refractivity contribution is 6.05. The van der Waals surface area contributed by atoms with E-state index in [1.54, 1.807) is 49.8 Å². The summed E-state index contributed by atoms with van der Waals surface area (Å²) in [5.74, 6) is 0.207. The maximum atomic E-state index is 12.7. The monoisotopic (exact) mass is 375 g/mol. The molecule has 0 bridgehead atoms. The van der Waals surface area contributed by atoms with E-state index >= 15 is 0 Å². The number of benzene rings is 2. The zero-order valence-electron chi connectivity index (χ0n) is 15.5. The fraction of sp³-hybridized carbons (Fsp3) is 0.136. The van der Waals surface area contributed by atoms with Crippen LogP contribution in [0.4, 0.5) is 5.69 Å². The van der Waals surface area contributed by atoms with Crippen LogP contribution in [0.15, 0.2) is 73.1 Å². The van der Waals surface area contributed by atoms with Gasteiger partial charge in [0.15, 0.2) is 0 Å². The van der Waals surface area contributed by atoms with Gasteiger partial charge in [-0.3, -0.25) is 14.6 Å². The van der Waals surface area contributed by atoms with E-state index in [0.717, 1.165) is 11.1 Å². The summed E-state index contributed by atoms with van der Waals surface area (Å²) in [6, 6.07) is 18.0. The summed E-state index contributed by atoms with van der Waals surface area (Å²) in [4.78, 5) is 28.4. The number of likely N-dealkylation sites (N-methyl/N-ethyl adjacent to an activating group) is 1. The van der Waals surface area contributed by atoms with Gasteiger partial charge in [-0.1, -0.05) is 30.3 Å². The van der Waals surface area contributed by atoms with Crippen LogP contribution < -0.4 is 15.4 Å². The van der Waals surface area contributed by atoms with Crippen LogP contribution in [0.5, 0.6) is 5.75 Å². The maximum absolute atomic E-state index is 12.7. The van der Waals surface area contributed by atoms with E-state index < -0.39 is 0 Å². The summed E-state index contributed by atoms with van der Waals surface area (Å²) in [5.41, 5.74) is 2.77. The molecule has 0 unspecified atom stereocenters. The van der Waals surface area contributed by atoms with Gasteiger partial charge in [-0.15, -0.1) is 0 Å². The number of aromatic nitrogens is 1.